The fourth-order valence-corrected chi connectivity index (χ4v) is 2.76. The molecule has 11 heteroatoms. The molecule has 1 aromatic carbocycles. The Morgan fingerprint density at radius 1 is 1.15 bits per heavy atom. The number of hydrogen-bond acceptors (Lipinski definition) is 6. The molecule has 3 aromatic rings. The number of aliphatic carboxylic acids is 1. The van der Waals surface area contributed by atoms with Gasteiger partial charge in [0.25, 0.3) is 0 Å². The van der Waals surface area contributed by atoms with E-state index in [1.165, 1.54) is 5.56 Å². The Bertz CT molecular complexity index is 1010. The van der Waals surface area contributed by atoms with Crippen molar-refractivity contribution in [1.82, 2.24) is 19.9 Å². The van der Waals surface area contributed by atoms with Crippen LogP contribution in [0.5, 0.6) is 0 Å². The molecule has 0 aliphatic rings. The van der Waals surface area contributed by atoms with Crippen LogP contribution in [0.3, 0.4) is 0 Å². The lowest BCUT2D eigenvalue weighted by Crippen LogP contribution is -2.21. The Hall–Kier alpha value is -3.18. The predicted molar refractivity (Wildman–Crippen MR) is 119 cm³/mol. The molecule has 33 heavy (non-hydrogen) atoms. The van der Waals surface area contributed by atoms with E-state index in [1.54, 1.807) is 7.11 Å². The van der Waals surface area contributed by atoms with Crippen molar-refractivity contribution >= 4 is 17.4 Å². The molecule has 0 spiro atoms. The Morgan fingerprint density at radius 3 is 2.45 bits per heavy atom. The maximum atomic E-state index is 10.6. The molecule has 180 valence electrons. The molecule has 8 nitrogen and oxygen atoms in total. The fraction of sp³-hybridized carbons (Fsp3) is 0.409. The average Bonchev–Trinajstić information content (AvgIpc) is 3.20. The molecule has 0 fully saturated rings. The van der Waals surface area contributed by atoms with Gasteiger partial charge in [-0.3, -0.25) is 0 Å². The maximum Gasteiger partial charge on any atom is 0.490 e. The van der Waals surface area contributed by atoms with Gasteiger partial charge >= 0.3 is 12.1 Å². The van der Waals surface area contributed by atoms with Gasteiger partial charge in [0.1, 0.15) is 5.82 Å². The second-order valence-electron chi connectivity index (χ2n) is 7.08. The Kier molecular flexibility index (Phi) is 10.1. The number of aromatic nitrogens is 3. The molecule has 0 saturated carbocycles. The number of carboxylic acids is 1. The predicted octanol–water partition coefficient (Wildman–Crippen LogP) is 3.98. The summed E-state index contributed by atoms with van der Waals surface area (Å²) in [6.45, 7) is 5.52. The molecule has 0 radical (unpaired) electrons. The van der Waals surface area contributed by atoms with E-state index in [2.05, 4.69) is 46.8 Å². The molecule has 2 aromatic heterocycles. The monoisotopic (exact) mass is 467 g/mol. The highest BCUT2D eigenvalue weighted by molar-refractivity contribution is 5.73. The Balaban J connectivity index is 0.000000479. The van der Waals surface area contributed by atoms with Gasteiger partial charge in [0.15, 0.2) is 5.65 Å². The van der Waals surface area contributed by atoms with E-state index >= 15 is 0 Å². The number of imidazole rings is 1. The molecule has 3 N–H and O–H groups in total. The molecule has 0 aliphatic heterocycles. The zero-order valence-electron chi connectivity index (χ0n) is 18.5. The number of ether oxygens (including phenoxy) is 1. The van der Waals surface area contributed by atoms with Crippen LogP contribution >= 0.6 is 0 Å². The summed E-state index contributed by atoms with van der Waals surface area (Å²) in [7, 11) is 1.71. The first-order valence-electron chi connectivity index (χ1n) is 10.4. The number of carboxylic acid groups (broad SMARTS) is 1. The minimum absolute atomic E-state index is 0.722. The van der Waals surface area contributed by atoms with Crippen molar-refractivity contribution < 1.29 is 27.8 Å². The summed E-state index contributed by atoms with van der Waals surface area (Å²) in [5.74, 6) is -1.88. The molecule has 0 saturated heterocycles. The van der Waals surface area contributed by atoms with Crippen molar-refractivity contribution in [1.29, 1.82) is 0 Å². The number of fused-ring (bicyclic) bond motifs is 1. The maximum absolute atomic E-state index is 10.6. The van der Waals surface area contributed by atoms with E-state index in [-0.39, 0.29) is 0 Å². The van der Waals surface area contributed by atoms with Gasteiger partial charge in [0, 0.05) is 32.3 Å². The van der Waals surface area contributed by atoms with Gasteiger partial charge in [-0.2, -0.15) is 13.2 Å². The molecule has 2 heterocycles. The summed E-state index contributed by atoms with van der Waals surface area (Å²) in [6, 6.07) is 12.5. The molecular weight excluding hydrogens is 439 g/mol. The van der Waals surface area contributed by atoms with E-state index in [9.17, 15) is 13.2 Å². The van der Waals surface area contributed by atoms with Gasteiger partial charge in [-0.15, -0.1) is 5.10 Å². The van der Waals surface area contributed by atoms with Gasteiger partial charge < -0.3 is 20.5 Å². The second kappa shape index (κ2) is 12.8. The topological polar surface area (TPSA) is 101 Å². The van der Waals surface area contributed by atoms with Crippen molar-refractivity contribution in [3.05, 3.63) is 48.2 Å². The molecule has 0 bridgehead atoms. The fourth-order valence-electron chi connectivity index (χ4n) is 2.76. The number of alkyl halides is 3. The molecule has 0 atom stereocenters. The van der Waals surface area contributed by atoms with Gasteiger partial charge in [-0.05, 0) is 24.1 Å². The number of nitrogens with one attached hydrogen (secondary N) is 2. The van der Waals surface area contributed by atoms with Gasteiger partial charge in [0.05, 0.1) is 18.5 Å². The van der Waals surface area contributed by atoms with Crippen molar-refractivity contribution in [3.63, 3.8) is 0 Å². The first kappa shape index (κ1) is 26.1. The average molecular weight is 467 g/mol. The van der Waals surface area contributed by atoms with E-state index in [1.807, 2.05) is 22.8 Å². The first-order valence-corrected chi connectivity index (χ1v) is 10.4. The number of methoxy groups -OCH3 is 1. The molecule has 0 aliphatic carbocycles. The van der Waals surface area contributed by atoms with E-state index in [0.29, 0.717) is 0 Å². The van der Waals surface area contributed by atoms with Crippen LogP contribution < -0.4 is 10.6 Å². The van der Waals surface area contributed by atoms with Gasteiger partial charge in [-0.25, -0.2) is 14.3 Å². The minimum Gasteiger partial charge on any atom is -0.475 e. The summed E-state index contributed by atoms with van der Waals surface area (Å²) >= 11 is 0. The number of unbranched alkanes of at least 4 members (excludes halogenated alkanes) is 1. The Morgan fingerprint density at radius 2 is 1.85 bits per heavy atom. The minimum atomic E-state index is -5.08. The number of carbonyl (C=O) groups is 1. The lowest BCUT2D eigenvalue weighted by Gasteiger charge is -2.08. The zero-order valence-corrected chi connectivity index (χ0v) is 18.5. The van der Waals surface area contributed by atoms with E-state index in [0.717, 1.165) is 61.8 Å². The number of nitrogens with zero attached hydrogens (tertiary/aromatic N) is 3. The molecular formula is C22H28F3N5O3. The highest BCUT2D eigenvalue weighted by atomic mass is 19.4. The number of rotatable bonds is 10. The third-order valence-electron chi connectivity index (χ3n) is 4.50. The van der Waals surface area contributed by atoms with E-state index in [4.69, 9.17) is 19.7 Å². The molecule has 0 amide bonds. The number of halogens is 3. The number of benzene rings is 1. The van der Waals surface area contributed by atoms with Crippen molar-refractivity contribution in [2.45, 2.75) is 32.5 Å². The number of anilines is 1. The summed E-state index contributed by atoms with van der Waals surface area (Å²) in [6.07, 6.45) is -0.904. The SMILES string of the molecule is CCCCNc1ccc2ncc(-c3ccc(CNCCOC)cc3)n2n1.O=C(O)C(F)(F)F. The summed E-state index contributed by atoms with van der Waals surface area (Å²) in [4.78, 5) is 13.4. The van der Waals surface area contributed by atoms with Crippen molar-refractivity contribution in [3.8, 4) is 11.3 Å². The lowest BCUT2D eigenvalue weighted by atomic mass is 10.1. The van der Waals surface area contributed by atoms with Gasteiger partial charge in [0.2, 0.25) is 0 Å². The van der Waals surface area contributed by atoms with Crippen molar-refractivity contribution in [2.24, 2.45) is 0 Å². The van der Waals surface area contributed by atoms with Crippen LogP contribution in [0.15, 0.2) is 42.6 Å². The standard InChI is InChI=1S/C20H27N5O.C2HF3O2/c1-3-4-11-22-19-9-10-20-23-15-18(25(20)24-19)17-7-5-16(6-8-17)14-21-12-13-26-2;3-2(4,5)1(6)7/h5-10,15,21H,3-4,11-14H2,1-2H3,(H,22,24);(H,6,7). The molecule has 0 unspecified atom stereocenters. The normalized spacial score (nSPS) is 11.2. The largest absolute Gasteiger partial charge is 0.490 e. The highest BCUT2D eigenvalue weighted by Gasteiger charge is 2.38. The van der Waals surface area contributed by atoms with Gasteiger partial charge in [-0.1, -0.05) is 37.6 Å². The smallest absolute Gasteiger partial charge is 0.475 e. The van der Waals surface area contributed by atoms with Crippen LogP contribution in [-0.2, 0) is 16.1 Å². The van der Waals surface area contributed by atoms with Crippen LogP contribution in [-0.4, -0.2) is 58.7 Å². The van der Waals surface area contributed by atoms with Crippen LogP contribution in [0.4, 0.5) is 19.0 Å². The quantitative estimate of drug-likeness (QED) is 0.388. The third kappa shape index (κ3) is 8.35. The van der Waals surface area contributed by atoms with Crippen LogP contribution in [0.2, 0.25) is 0 Å². The summed E-state index contributed by atoms with van der Waals surface area (Å²) in [5, 5.41) is 18.5. The Labute approximate surface area is 189 Å². The van der Waals surface area contributed by atoms with Crippen LogP contribution in [0.25, 0.3) is 16.9 Å². The first-order chi connectivity index (χ1) is 15.8. The van der Waals surface area contributed by atoms with Crippen LogP contribution in [0.1, 0.15) is 25.3 Å². The summed E-state index contributed by atoms with van der Waals surface area (Å²) < 4.78 is 38.7. The number of hydrogen-bond donors (Lipinski definition) is 3. The highest BCUT2D eigenvalue weighted by Crippen LogP contribution is 2.21. The zero-order chi connectivity index (χ0) is 24.3. The third-order valence-corrected chi connectivity index (χ3v) is 4.50. The van der Waals surface area contributed by atoms with E-state index < -0.39 is 12.1 Å². The lowest BCUT2D eigenvalue weighted by molar-refractivity contribution is -0.192. The van der Waals surface area contributed by atoms with Crippen LogP contribution in [0, 0.1) is 0 Å². The summed E-state index contributed by atoms with van der Waals surface area (Å²) in [5.41, 5.74) is 4.20. The van der Waals surface area contributed by atoms with Crippen molar-refractivity contribution in [2.75, 3.05) is 32.1 Å². The molecule has 3 rings (SSSR count). The second-order valence-corrected chi connectivity index (χ2v) is 7.08.